The molecular weight excluding hydrogens is 327 g/mol. The fourth-order valence-corrected chi connectivity index (χ4v) is 4.22. The Morgan fingerprint density at radius 1 is 0.905 bits per heavy atom. The van der Waals surface area contributed by atoms with E-state index in [1.54, 1.807) is 62.4 Å². The van der Waals surface area contributed by atoms with E-state index in [-0.39, 0.29) is 0 Å². The molecule has 21 heavy (non-hydrogen) atoms. The van der Waals surface area contributed by atoms with Gasteiger partial charge in [0.1, 0.15) is 5.25 Å². The molecule has 0 radical (unpaired) electrons. The van der Waals surface area contributed by atoms with Gasteiger partial charge in [-0.1, -0.05) is 53.5 Å². The van der Waals surface area contributed by atoms with Crippen LogP contribution in [0.2, 0.25) is 10.0 Å². The van der Waals surface area contributed by atoms with Gasteiger partial charge in [0, 0.05) is 10.0 Å². The van der Waals surface area contributed by atoms with Gasteiger partial charge in [-0.2, -0.15) is 0 Å². The first kappa shape index (κ1) is 16.3. The summed E-state index contributed by atoms with van der Waals surface area (Å²) in [5.74, 6) is 0. The molecule has 0 bridgehead atoms. The monoisotopic (exact) mass is 342 g/mol. The molecule has 0 amide bonds. The van der Waals surface area contributed by atoms with Crippen molar-refractivity contribution in [1.29, 1.82) is 0 Å². The van der Waals surface area contributed by atoms with Crippen molar-refractivity contribution in [3.05, 3.63) is 69.7 Å². The second kappa shape index (κ2) is 6.39. The van der Waals surface area contributed by atoms with Crippen molar-refractivity contribution in [2.24, 2.45) is 0 Å². The second-order valence-electron chi connectivity index (χ2n) is 5.09. The number of hydrogen-bond donors (Lipinski definition) is 0. The van der Waals surface area contributed by atoms with E-state index in [2.05, 4.69) is 0 Å². The third-order valence-electron chi connectivity index (χ3n) is 3.35. The lowest BCUT2D eigenvalue weighted by Gasteiger charge is -2.22. The van der Waals surface area contributed by atoms with Crippen LogP contribution >= 0.6 is 23.2 Å². The highest BCUT2D eigenvalue weighted by atomic mass is 35.5. The molecule has 0 saturated carbocycles. The van der Waals surface area contributed by atoms with E-state index in [1.165, 1.54) is 0 Å². The molecule has 0 aromatic heterocycles. The van der Waals surface area contributed by atoms with E-state index >= 15 is 0 Å². The maximum absolute atomic E-state index is 12.8. The third kappa shape index (κ3) is 3.42. The van der Waals surface area contributed by atoms with Crippen LogP contribution in [0.15, 0.2) is 48.5 Å². The molecule has 2 aromatic carbocycles. The molecule has 0 spiro atoms. The molecule has 5 heteroatoms. The molecule has 2 aromatic rings. The van der Waals surface area contributed by atoms with Crippen molar-refractivity contribution in [1.82, 2.24) is 0 Å². The predicted octanol–water partition coefficient (Wildman–Crippen LogP) is 4.91. The molecule has 1 atom stereocenters. The second-order valence-corrected chi connectivity index (χ2v) is 8.53. The number of rotatable bonds is 4. The quantitative estimate of drug-likeness (QED) is 0.791. The Balaban J connectivity index is 2.66. The highest BCUT2D eigenvalue weighted by Gasteiger charge is 2.32. The van der Waals surface area contributed by atoms with E-state index in [9.17, 15) is 8.42 Å². The van der Waals surface area contributed by atoms with Gasteiger partial charge in [0.05, 0.1) is 5.25 Å². The van der Waals surface area contributed by atoms with Crippen LogP contribution in [0.3, 0.4) is 0 Å². The van der Waals surface area contributed by atoms with Gasteiger partial charge in [-0.15, -0.1) is 0 Å². The summed E-state index contributed by atoms with van der Waals surface area (Å²) in [6.45, 7) is 3.35. The molecule has 0 aliphatic heterocycles. The Hall–Kier alpha value is -1.03. The van der Waals surface area contributed by atoms with Gasteiger partial charge in [0.15, 0.2) is 9.84 Å². The van der Waals surface area contributed by atoms with E-state index in [0.717, 1.165) is 0 Å². The normalized spacial score (nSPS) is 13.4. The number of halogens is 2. The van der Waals surface area contributed by atoms with E-state index in [0.29, 0.717) is 21.2 Å². The minimum Gasteiger partial charge on any atom is -0.228 e. The van der Waals surface area contributed by atoms with Gasteiger partial charge in [-0.25, -0.2) is 8.42 Å². The van der Waals surface area contributed by atoms with Crippen molar-refractivity contribution in [2.75, 3.05) is 0 Å². The molecule has 0 aliphatic rings. The molecule has 0 aliphatic carbocycles. The van der Waals surface area contributed by atoms with Crippen molar-refractivity contribution in [3.8, 4) is 0 Å². The molecule has 2 rings (SSSR count). The first-order valence-corrected chi connectivity index (χ1v) is 8.93. The molecule has 2 nitrogen and oxygen atoms in total. The van der Waals surface area contributed by atoms with Crippen molar-refractivity contribution < 1.29 is 8.42 Å². The molecule has 0 saturated heterocycles. The summed E-state index contributed by atoms with van der Waals surface area (Å²) in [7, 11) is -3.41. The average Bonchev–Trinajstić information content (AvgIpc) is 2.43. The van der Waals surface area contributed by atoms with Crippen LogP contribution in [0.4, 0.5) is 0 Å². The Kier molecular flexibility index (Phi) is 4.97. The first-order valence-electron chi connectivity index (χ1n) is 6.56. The zero-order chi connectivity index (χ0) is 15.6. The number of hydrogen-bond acceptors (Lipinski definition) is 2. The molecular formula is C16H16Cl2O2S. The lowest BCUT2D eigenvalue weighted by atomic mass is 10.0. The predicted molar refractivity (Wildman–Crippen MR) is 88.8 cm³/mol. The van der Waals surface area contributed by atoms with Gasteiger partial charge in [0.2, 0.25) is 0 Å². The van der Waals surface area contributed by atoms with Crippen LogP contribution in [0, 0.1) is 0 Å². The van der Waals surface area contributed by atoms with Crippen LogP contribution in [0.25, 0.3) is 0 Å². The maximum atomic E-state index is 12.8. The molecule has 0 fully saturated rings. The minimum absolute atomic E-state index is 0.446. The SMILES string of the molecule is CC(C)S(=O)(=O)C(c1ccc(Cl)cc1)c1ccccc1Cl. The van der Waals surface area contributed by atoms with E-state index in [1.807, 2.05) is 0 Å². The lowest BCUT2D eigenvalue weighted by molar-refractivity contribution is 0.580. The van der Waals surface area contributed by atoms with Gasteiger partial charge >= 0.3 is 0 Å². The van der Waals surface area contributed by atoms with E-state index in [4.69, 9.17) is 23.2 Å². The van der Waals surface area contributed by atoms with Crippen molar-refractivity contribution in [2.45, 2.75) is 24.3 Å². The summed E-state index contributed by atoms with van der Waals surface area (Å²) in [4.78, 5) is 0. The van der Waals surface area contributed by atoms with Crippen LogP contribution in [-0.4, -0.2) is 13.7 Å². The molecule has 112 valence electrons. The third-order valence-corrected chi connectivity index (χ3v) is 6.44. The fourth-order valence-electron chi connectivity index (χ4n) is 2.14. The largest absolute Gasteiger partial charge is 0.228 e. The Morgan fingerprint density at radius 3 is 2.00 bits per heavy atom. The summed E-state index contributed by atoms with van der Waals surface area (Å²) in [5, 5.41) is -0.279. The minimum atomic E-state index is -3.41. The summed E-state index contributed by atoms with van der Waals surface area (Å²) < 4.78 is 25.6. The Morgan fingerprint density at radius 2 is 1.48 bits per heavy atom. The summed E-state index contributed by atoms with van der Waals surface area (Å²) in [5.41, 5.74) is 1.26. The van der Waals surface area contributed by atoms with Crippen LogP contribution in [0.5, 0.6) is 0 Å². The molecule has 0 N–H and O–H groups in total. The molecule has 0 heterocycles. The average molecular weight is 343 g/mol. The zero-order valence-electron chi connectivity index (χ0n) is 11.8. The highest BCUT2D eigenvalue weighted by Crippen LogP contribution is 2.37. The Bertz CT molecular complexity index is 722. The van der Waals surface area contributed by atoms with Gasteiger partial charge in [-0.05, 0) is 43.2 Å². The van der Waals surface area contributed by atoms with Crippen LogP contribution in [0.1, 0.15) is 30.2 Å². The summed E-state index contributed by atoms with van der Waals surface area (Å²) in [6, 6.07) is 13.9. The van der Waals surface area contributed by atoms with E-state index < -0.39 is 20.3 Å². The fraction of sp³-hybridized carbons (Fsp3) is 0.250. The topological polar surface area (TPSA) is 34.1 Å². The lowest BCUT2D eigenvalue weighted by Crippen LogP contribution is -2.23. The first-order chi connectivity index (χ1) is 9.84. The smallest absolute Gasteiger partial charge is 0.163 e. The highest BCUT2D eigenvalue weighted by molar-refractivity contribution is 7.92. The maximum Gasteiger partial charge on any atom is 0.163 e. The number of benzene rings is 2. The Labute approximate surface area is 135 Å². The van der Waals surface area contributed by atoms with Gasteiger partial charge in [-0.3, -0.25) is 0 Å². The molecule has 1 unspecified atom stereocenters. The van der Waals surface area contributed by atoms with Crippen molar-refractivity contribution in [3.63, 3.8) is 0 Å². The van der Waals surface area contributed by atoms with Gasteiger partial charge in [0.25, 0.3) is 0 Å². The zero-order valence-corrected chi connectivity index (χ0v) is 14.1. The summed E-state index contributed by atoms with van der Waals surface area (Å²) in [6.07, 6.45) is 0. The van der Waals surface area contributed by atoms with Crippen LogP contribution in [-0.2, 0) is 9.84 Å². The standard InChI is InChI=1S/C16H16Cl2O2S/c1-11(2)21(19,20)16(12-7-9-13(17)10-8-12)14-5-3-4-6-15(14)18/h3-11,16H,1-2H3. The summed E-state index contributed by atoms with van der Waals surface area (Å²) >= 11 is 12.1. The van der Waals surface area contributed by atoms with Crippen molar-refractivity contribution >= 4 is 33.0 Å². The van der Waals surface area contributed by atoms with Gasteiger partial charge < -0.3 is 0 Å². The number of sulfone groups is 1. The van der Waals surface area contributed by atoms with Crippen LogP contribution < -0.4 is 0 Å².